The second-order valence-electron chi connectivity index (χ2n) is 7.05. The summed E-state index contributed by atoms with van der Waals surface area (Å²) in [6.07, 6.45) is -4.82. The minimum atomic E-state index is -4.82. The Morgan fingerprint density at radius 2 is 1.61 bits per heavy atom. The van der Waals surface area contributed by atoms with Crippen molar-refractivity contribution in [1.82, 2.24) is 0 Å². The summed E-state index contributed by atoms with van der Waals surface area (Å²) >= 11 is 17.8. The molecule has 0 spiro atoms. The third kappa shape index (κ3) is 5.56. The summed E-state index contributed by atoms with van der Waals surface area (Å²) in [5, 5.41) is 9.67. The van der Waals surface area contributed by atoms with Gasteiger partial charge in [0.1, 0.15) is 0 Å². The summed E-state index contributed by atoms with van der Waals surface area (Å²) < 4.78 is 67.1. The Labute approximate surface area is 203 Å². The van der Waals surface area contributed by atoms with E-state index in [1.807, 2.05) is 0 Å². The molecular formula is C22H14Cl3F3N2O2S. The van der Waals surface area contributed by atoms with Crippen LogP contribution in [0.5, 0.6) is 0 Å². The van der Waals surface area contributed by atoms with Gasteiger partial charge in [0, 0.05) is 10.0 Å². The van der Waals surface area contributed by atoms with Crippen LogP contribution in [0.3, 0.4) is 0 Å². The molecule has 0 heterocycles. The van der Waals surface area contributed by atoms with Gasteiger partial charge in [0.15, 0.2) is 0 Å². The standard InChI is InChI=1S/C22H14Cl3F3N2O2S/c1-12-8-16(17(11-29)13-2-4-14(23)5-3-13)20(25)10-21(12)30-33(31,32)15-6-7-19(24)18(9-15)22(26,27)28/h2-10,17,30H,1H3/t17-/m0/s1. The second kappa shape index (κ2) is 9.43. The molecule has 0 aliphatic carbocycles. The van der Waals surface area contributed by atoms with Gasteiger partial charge >= 0.3 is 6.18 Å². The van der Waals surface area contributed by atoms with Crippen LogP contribution in [-0.2, 0) is 16.2 Å². The van der Waals surface area contributed by atoms with E-state index in [0.717, 1.165) is 12.1 Å². The molecule has 172 valence electrons. The Kier molecular flexibility index (Phi) is 7.20. The fourth-order valence-corrected chi connectivity index (χ4v) is 4.88. The maximum absolute atomic E-state index is 13.1. The van der Waals surface area contributed by atoms with Gasteiger partial charge in [-0.2, -0.15) is 18.4 Å². The first-order valence-corrected chi connectivity index (χ1v) is 11.8. The number of nitriles is 1. The third-order valence-corrected chi connectivity index (χ3v) is 7.06. The smallest absolute Gasteiger partial charge is 0.279 e. The van der Waals surface area contributed by atoms with Gasteiger partial charge in [-0.3, -0.25) is 4.72 Å². The minimum Gasteiger partial charge on any atom is -0.279 e. The molecule has 0 amide bonds. The molecule has 0 radical (unpaired) electrons. The molecule has 0 fully saturated rings. The first-order valence-electron chi connectivity index (χ1n) is 9.18. The Morgan fingerprint density at radius 3 is 2.18 bits per heavy atom. The Bertz CT molecular complexity index is 1350. The zero-order chi connectivity index (χ0) is 24.6. The summed E-state index contributed by atoms with van der Waals surface area (Å²) in [6, 6.07) is 13.9. The maximum Gasteiger partial charge on any atom is 0.417 e. The van der Waals surface area contributed by atoms with Gasteiger partial charge in [-0.05, 0) is 60.0 Å². The average Bonchev–Trinajstić information content (AvgIpc) is 2.72. The van der Waals surface area contributed by atoms with Crippen molar-refractivity contribution < 1.29 is 21.6 Å². The predicted molar refractivity (Wildman–Crippen MR) is 122 cm³/mol. The molecular weight excluding hydrogens is 520 g/mol. The van der Waals surface area contributed by atoms with Gasteiger partial charge in [-0.25, -0.2) is 8.42 Å². The highest BCUT2D eigenvalue weighted by Gasteiger charge is 2.34. The second-order valence-corrected chi connectivity index (χ2v) is 9.98. The number of alkyl halides is 3. The molecule has 3 aromatic rings. The number of halogens is 6. The molecule has 0 unspecified atom stereocenters. The lowest BCUT2D eigenvalue weighted by atomic mass is 9.91. The average molecular weight is 534 g/mol. The first-order chi connectivity index (χ1) is 15.3. The molecule has 0 bridgehead atoms. The molecule has 0 aromatic heterocycles. The van der Waals surface area contributed by atoms with Crippen LogP contribution in [0.1, 0.15) is 28.2 Å². The van der Waals surface area contributed by atoms with Crippen LogP contribution in [-0.4, -0.2) is 8.42 Å². The van der Waals surface area contributed by atoms with Crippen molar-refractivity contribution in [3.05, 3.63) is 91.9 Å². The molecule has 3 aromatic carbocycles. The van der Waals surface area contributed by atoms with Crippen LogP contribution < -0.4 is 4.72 Å². The van der Waals surface area contributed by atoms with E-state index in [-0.39, 0.29) is 10.7 Å². The molecule has 33 heavy (non-hydrogen) atoms. The van der Waals surface area contributed by atoms with Gasteiger partial charge in [0.05, 0.1) is 33.2 Å². The maximum atomic E-state index is 13.1. The number of aryl methyl sites for hydroxylation is 1. The van der Waals surface area contributed by atoms with Crippen LogP contribution >= 0.6 is 34.8 Å². The Hall–Kier alpha value is -2.44. The van der Waals surface area contributed by atoms with E-state index in [2.05, 4.69) is 10.8 Å². The summed E-state index contributed by atoms with van der Waals surface area (Å²) in [7, 11) is -4.39. The quantitative estimate of drug-likeness (QED) is 0.371. The van der Waals surface area contributed by atoms with Crippen molar-refractivity contribution in [2.24, 2.45) is 0 Å². The number of hydrogen-bond donors (Lipinski definition) is 1. The lowest BCUT2D eigenvalue weighted by Gasteiger charge is -2.17. The molecule has 3 rings (SSSR count). The summed E-state index contributed by atoms with van der Waals surface area (Å²) in [6.45, 7) is 1.58. The number of sulfonamides is 1. The molecule has 4 nitrogen and oxygen atoms in total. The van der Waals surface area contributed by atoms with Gasteiger partial charge in [0.25, 0.3) is 10.0 Å². The fourth-order valence-electron chi connectivity index (χ4n) is 3.11. The number of nitrogens with one attached hydrogen (secondary N) is 1. The number of nitrogens with zero attached hydrogens (tertiary/aromatic N) is 1. The Morgan fingerprint density at radius 1 is 0.970 bits per heavy atom. The van der Waals surface area contributed by atoms with Crippen LogP contribution in [0, 0.1) is 18.3 Å². The predicted octanol–water partition coefficient (Wildman–Crippen LogP) is 7.43. The third-order valence-electron chi connectivity index (χ3n) is 4.78. The molecule has 0 saturated carbocycles. The van der Waals surface area contributed by atoms with Crippen LogP contribution in [0.2, 0.25) is 15.1 Å². The van der Waals surface area contributed by atoms with Crippen molar-refractivity contribution in [2.45, 2.75) is 23.9 Å². The highest BCUT2D eigenvalue weighted by molar-refractivity contribution is 7.92. The van der Waals surface area contributed by atoms with Crippen LogP contribution in [0.4, 0.5) is 18.9 Å². The summed E-state index contributed by atoms with van der Waals surface area (Å²) in [5.41, 5.74) is 0.277. The topological polar surface area (TPSA) is 70.0 Å². The molecule has 0 aliphatic rings. The van der Waals surface area contributed by atoms with E-state index in [1.54, 1.807) is 37.3 Å². The van der Waals surface area contributed by atoms with E-state index in [4.69, 9.17) is 34.8 Å². The van der Waals surface area contributed by atoms with Crippen LogP contribution in [0.15, 0.2) is 59.5 Å². The van der Waals surface area contributed by atoms with Gasteiger partial charge in [-0.1, -0.05) is 53.0 Å². The normalized spacial score (nSPS) is 12.8. The summed E-state index contributed by atoms with van der Waals surface area (Å²) in [4.78, 5) is -0.616. The number of hydrogen-bond acceptors (Lipinski definition) is 3. The number of anilines is 1. The lowest BCUT2D eigenvalue weighted by Crippen LogP contribution is -2.16. The molecule has 0 saturated heterocycles. The van der Waals surface area contributed by atoms with Crippen molar-refractivity contribution in [2.75, 3.05) is 4.72 Å². The zero-order valence-corrected chi connectivity index (χ0v) is 19.8. The van der Waals surface area contributed by atoms with Crippen molar-refractivity contribution in [3.8, 4) is 6.07 Å². The van der Waals surface area contributed by atoms with Crippen molar-refractivity contribution in [3.63, 3.8) is 0 Å². The highest BCUT2D eigenvalue weighted by Crippen LogP contribution is 2.37. The van der Waals surface area contributed by atoms with Crippen LogP contribution in [0.25, 0.3) is 0 Å². The SMILES string of the molecule is Cc1cc([C@@H](C#N)c2ccc(Cl)cc2)c(Cl)cc1NS(=O)(=O)c1ccc(Cl)c(C(F)(F)F)c1. The zero-order valence-electron chi connectivity index (χ0n) is 16.7. The van der Waals surface area contributed by atoms with E-state index in [9.17, 15) is 26.9 Å². The highest BCUT2D eigenvalue weighted by atomic mass is 35.5. The van der Waals surface area contributed by atoms with Crippen molar-refractivity contribution >= 4 is 50.5 Å². The number of rotatable bonds is 5. The summed E-state index contributed by atoms with van der Waals surface area (Å²) in [5.74, 6) is -0.746. The van der Waals surface area contributed by atoms with Gasteiger partial charge in [-0.15, -0.1) is 0 Å². The van der Waals surface area contributed by atoms with E-state index in [0.29, 0.717) is 27.8 Å². The molecule has 11 heteroatoms. The van der Waals surface area contributed by atoms with E-state index < -0.39 is 37.6 Å². The monoisotopic (exact) mass is 532 g/mol. The van der Waals surface area contributed by atoms with E-state index in [1.165, 1.54) is 6.07 Å². The lowest BCUT2D eigenvalue weighted by molar-refractivity contribution is -0.137. The van der Waals surface area contributed by atoms with Crippen molar-refractivity contribution in [1.29, 1.82) is 5.26 Å². The Balaban J connectivity index is 1.98. The van der Waals surface area contributed by atoms with E-state index >= 15 is 0 Å². The first kappa shape index (κ1) is 25.2. The van der Waals surface area contributed by atoms with Gasteiger partial charge in [0.2, 0.25) is 0 Å². The largest absolute Gasteiger partial charge is 0.417 e. The fraction of sp³-hybridized carbons (Fsp3) is 0.136. The van der Waals surface area contributed by atoms with Gasteiger partial charge < -0.3 is 0 Å². The minimum absolute atomic E-state index is 0.0556. The number of benzene rings is 3. The molecule has 0 aliphatic heterocycles. The molecule has 1 N–H and O–H groups in total. The molecule has 1 atom stereocenters.